The zero-order chi connectivity index (χ0) is 18.1. The second kappa shape index (κ2) is 7.09. The normalized spacial score (nSPS) is 16.2. The summed E-state index contributed by atoms with van der Waals surface area (Å²) >= 11 is 5.79. The van der Waals surface area contributed by atoms with Gasteiger partial charge in [0.05, 0.1) is 5.69 Å². The summed E-state index contributed by atoms with van der Waals surface area (Å²) in [6.07, 6.45) is 1.86. The van der Waals surface area contributed by atoms with Gasteiger partial charge in [-0.1, -0.05) is 16.8 Å². The number of nitrogens with zero attached hydrogens (tertiary/aromatic N) is 5. The van der Waals surface area contributed by atoms with Crippen LogP contribution in [0.5, 0.6) is 0 Å². The molecule has 0 radical (unpaired) electrons. The van der Waals surface area contributed by atoms with Crippen LogP contribution in [0.4, 0.5) is 4.39 Å². The lowest BCUT2D eigenvalue weighted by molar-refractivity contribution is 0.0653. The lowest BCUT2D eigenvalue weighted by atomic mass is 10.0. The summed E-state index contributed by atoms with van der Waals surface area (Å²) in [5.41, 5.74) is 0.970. The van der Waals surface area contributed by atoms with E-state index in [4.69, 9.17) is 11.6 Å². The van der Waals surface area contributed by atoms with Gasteiger partial charge in [0.25, 0.3) is 5.91 Å². The molecule has 0 atom stereocenters. The van der Waals surface area contributed by atoms with Gasteiger partial charge in [-0.05, 0) is 58.1 Å². The number of aromatic nitrogens is 3. The summed E-state index contributed by atoms with van der Waals surface area (Å²) in [6.45, 7) is 3.64. The largest absolute Gasteiger partial charge is 0.337 e. The van der Waals surface area contributed by atoms with Crippen LogP contribution in [0, 0.1) is 12.7 Å². The highest BCUT2D eigenvalue weighted by Gasteiger charge is 2.28. The molecule has 1 amide bonds. The number of rotatable bonds is 3. The molecule has 2 heterocycles. The molecule has 1 aliphatic heterocycles. The summed E-state index contributed by atoms with van der Waals surface area (Å²) in [7, 11) is 3.87. The number of likely N-dealkylation sites (tertiary alicyclic amines) is 1. The summed E-state index contributed by atoms with van der Waals surface area (Å²) in [6, 6.07) is 4.49. The van der Waals surface area contributed by atoms with Crippen molar-refractivity contribution in [2.75, 3.05) is 27.2 Å². The van der Waals surface area contributed by atoms with Crippen LogP contribution in [0.1, 0.15) is 29.0 Å². The number of benzene rings is 1. The number of amides is 1. The Kier molecular flexibility index (Phi) is 5.06. The Bertz CT molecular complexity index is 785. The quantitative estimate of drug-likeness (QED) is 0.838. The number of piperidine rings is 1. The molecule has 1 aromatic carbocycles. The third-order valence-electron chi connectivity index (χ3n) is 4.79. The molecular weight excluding hydrogens is 345 g/mol. The Morgan fingerprint density at radius 2 is 2.04 bits per heavy atom. The molecular formula is C17H21ClFN5O. The Morgan fingerprint density at radius 1 is 1.36 bits per heavy atom. The first kappa shape index (κ1) is 17.8. The molecule has 8 heteroatoms. The molecule has 2 aromatic rings. The highest BCUT2D eigenvalue weighted by atomic mass is 35.5. The number of carbonyl (C=O) groups excluding carboxylic acids is 1. The van der Waals surface area contributed by atoms with Crippen LogP contribution in [0.15, 0.2) is 18.2 Å². The van der Waals surface area contributed by atoms with Crippen molar-refractivity contribution in [3.05, 3.63) is 40.4 Å². The van der Waals surface area contributed by atoms with Crippen molar-refractivity contribution < 1.29 is 9.18 Å². The van der Waals surface area contributed by atoms with Crippen molar-refractivity contribution >= 4 is 17.5 Å². The molecule has 0 bridgehead atoms. The predicted octanol–water partition coefficient (Wildman–Crippen LogP) is 2.53. The maximum Gasteiger partial charge on any atom is 0.276 e. The number of carbonyl (C=O) groups is 1. The molecule has 6 nitrogen and oxygen atoms in total. The van der Waals surface area contributed by atoms with E-state index in [0.717, 1.165) is 25.9 Å². The first-order chi connectivity index (χ1) is 11.9. The zero-order valence-corrected chi connectivity index (χ0v) is 15.3. The van der Waals surface area contributed by atoms with Gasteiger partial charge in [0.2, 0.25) is 0 Å². The summed E-state index contributed by atoms with van der Waals surface area (Å²) in [5.74, 6) is -0.698. The molecule has 3 rings (SSSR count). The number of hydrogen-bond acceptors (Lipinski definition) is 4. The smallest absolute Gasteiger partial charge is 0.276 e. The van der Waals surface area contributed by atoms with Crippen LogP contribution < -0.4 is 0 Å². The monoisotopic (exact) mass is 365 g/mol. The van der Waals surface area contributed by atoms with Crippen LogP contribution in [0.3, 0.4) is 0 Å². The van der Waals surface area contributed by atoms with E-state index in [1.54, 1.807) is 24.9 Å². The minimum absolute atomic E-state index is 0.181. The Hall–Kier alpha value is -1.99. The standard InChI is InChI=1S/C17H21ClFN5O/c1-11-16(17(25)23(3)13-6-8-22(2)9-7-13)20-21-24(11)15-5-4-12(18)10-14(15)19/h4-5,10,13H,6-9H2,1-3H3. The molecule has 25 heavy (non-hydrogen) atoms. The van der Waals surface area contributed by atoms with E-state index in [1.165, 1.54) is 16.8 Å². The van der Waals surface area contributed by atoms with Gasteiger partial charge in [-0.25, -0.2) is 9.07 Å². The van der Waals surface area contributed by atoms with Crippen LogP contribution in [0.25, 0.3) is 5.69 Å². The van der Waals surface area contributed by atoms with Gasteiger partial charge in [-0.3, -0.25) is 4.79 Å². The fourth-order valence-corrected chi connectivity index (χ4v) is 3.28. The van der Waals surface area contributed by atoms with Crippen LogP contribution in [-0.2, 0) is 0 Å². The Labute approximate surface area is 151 Å². The van der Waals surface area contributed by atoms with Crippen molar-refractivity contribution in [2.24, 2.45) is 0 Å². The van der Waals surface area contributed by atoms with Crippen molar-refractivity contribution in [1.29, 1.82) is 0 Å². The average molecular weight is 366 g/mol. The van der Waals surface area contributed by atoms with Crippen LogP contribution >= 0.6 is 11.6 Å². The second-order valence-corrected chi connectivity index (χ2v) is 6.92. The topological polar surface area (TPSA) is 54.3 Å². The molecule has 0 unspecified atom stereocenters. The van der Waals surface area contributed by atoms with Crippen LogP contribution in [0.2, 0.25) is 5.02 Å². The van der Waals surface area contributed by atoms with Gasteiger partial charge in [0, 0.05) is 18.1 Å². The molecule has 0 aliphatic carbocycles. The molecule has 1 fully saturated rings. The van der Waals surface area contributed by atoms with E-state index in [0.29, 0.717) is 10.7 Å². The minimum Gasteiger partial charge on any atom is -0.337 e. The first-order valence-electron chi connectivity index (χ1n) is 8.22. The highest BCUT2D eigenvalue weighted by molar-refractivity contribution is 6.30. The number of halogens is 2. The van der Waals surface area contributed by atoms with E-state index in [1.807, 2.05) is 0 Å². The van der Waals surface area contributed by atoms with Gasteiger partial charge in [-0.15, -0.1) is 5.10 Å². The third kappa shape index (κ3) is 3.52. The fraction of sp³-hybridized carbons (Fsp3) is 0.471. The second-order valence-electron chi connectivity index (χ2n) is 6.48. The molecule has 0 spiro atoms. The van der Waals surface area contributed by atoms with Gasteiger partial charge >= 0.3 is 0 Å². The van der Waals surface area contributed by atoms with Gasteiger partial charge in [-0.2, -0.15) is 0 Å². The maximum atomic E-state index is 14.1. The molecule has 1 aromatic heterocycles. The molecule has 1 saturated heterocycles. The lowest BCUT2D eigenvalue weighted by Crippen LogP contribution is -2.44. The molecule has 0 saturated carbocycles. The fourth-order valence-electron chi connectivity index (χ4n) is 3.12. The third-order valence-corrected chi connectivity index (χ3v) is 5.03. The Balaban J connectivity index is 1.84. The van der Waals surface area contributed by atoms with Crippen molar-refractivity contribution in [1.82, 2.24) is 24.8 Å². The van der Waals surface area contributed by atoms with E-state index in [-0.39, 0.29) is 23.3 Å². The Morgan fingerprint density at radius 3 is 2.68 bits per heavy atom. The van der Waals surface area contributed by atoms with Crippen molar-refractivity contribution in [2.45, 2.75) is 25.8 Å². The first-order valence-corrected chi connectivity index (χ1v) is 8.59. The van der Waals surface area contributed by atoms with Gasteiger partial charge in [0.15, 0.2) is 5.69 Å². The van der Waals surface area contributed by atoms with Gasteiger partial charge in [0.1, 0.15) is 11.5 Å². The summed E-state index contributed by atoms with van der Waals surface area (Å²) in [5, 5.41) is 8.27. The zero-order valence-electron chi connectivity index (χ0n) is 14.5. The molecule has 1 aliphatic rings. The summed E-state index contributed by atoms with van der Waals surface area (Å²) < 4.78 is 15.5. The highest BCUT2D eigenvalue weighted by Crippen LogP contribution is 2.21. The maximum absolute atomic E-state index is 14.1. The van der Waals surface area contributed by atoms with Gasteiger partial charge < -0.3 is 9.80 Å². The van der Waals surface area contributed by atoms with Crippen molar-refractivity contribution in [3.63, 3.8) is 0 Å². The van der Waals surface area contributed by atoms with E-state index in [9.17, 15) is 9.18 Å². The lowest BCUT2D eigenvalue weighted by Gasteiger charge is -2.34. The van der Waals surface area contributed by atoms with E-state index >= 15 is 0 Å². The minimum atomic E-state index is -0.511. The summed E-state index contributed by atoms with van der Waals surface area (Å²) in [4.78, 5) is 16.8. The SMILES string of the molecule is Cc1c(C(=O)N(C)C2CCN(C)CC2)nnn1-c1ccc(Cl)cc1F. The molecule has 0 N–H and O–H groups in total. The van der Waals surface area contributed by atoms with E-state index < -0.39 is 5.82 Å². The van der Waals surface area contributed by atoms with E-state index in [2.05, 4.69) is 22.3 Å². The van der Waals surface area contributed by atoms with Crippen molar-refractivity contribution in [3.8, 4) is 5.69 Å². The molecule has 134 valence electrons. The number of hydrogen-bond donors (Lipinski definition) is 0. The average Bonchev–Trinajstić information content (AvgIpc) is 2.96. The predicted molar refractivity (Wildman–Crippen MR) is 93.7 cm³/mol. The van der Waals surface area contributed by atoms with Crippen LogP contribution in [-0.4, -0.2) is 63.9 Å².